The molecule has 0 saturated carbocycles. The van der Waals surface area contributed by atoms with Crippen LogP contribution >= 0.6 is 23.1 Å². The number of hydrogen-bond acceptors (Lipinski definition) is 8. The molecular formula is C11H13N5OS2. The van der Waals surface area contributed by atoms with E-state index in [1.807, 2.05) is 6.26 Å². The third-order valence-electron chi connectivity index (χ3n) is 2.41. The van der Waals surface area contributed by atoms with Crippen molar-refractivity contribution in [2.75, 3.05) is 23.9 Å². The van der Waals surface area contributed by atoms with Gasteiger partial charge in [-0.1, -0.05) is 5.16 Å². The third-order valence-corrected chi connectivity index (χ3v) is 4.44. The molecule has 2 aromatic rings. The van der Waals surface area contributed by atoms with E-state index in [0.717, 1.165) is 9.90 Å². The van der Waals surface area contributed by atoms with Crippen LogP contribution in [-0.4, -0.2) is 22.9 Å². The minimum absolute atomic E-state index is 0.544. The monoisotopic (exact) mass is 295 g/mol. The van der Waals surface area contributed by atoms with Crippen molar-refractivity contribution in [3.8, 4) is 6.07 Å². The zero-order valence-electron chi connectivity index (χ0n) is 10.6. The number of nitrogens with one attached hydrogen (secondary N) is 1. The van der Waals surface area contributed by atoms with Crippen molar-refractivity contribution in [2.24, 2.45) is 0 Å². The average molecular weight is 295 g/mol. The maximum Gasteiger partial charge on any atom is 0.223 e. The Hall–Kier alpha value is -1.72. The van der Waals surface area contributed by atoms with E-state index >= 15 is 0 Å². The van der Waals surface area contributed by atoms with Crippen molar-refractivity contribution in [1.82, 2.24) is 10.1 Å². The van der Waals surface area contributed by atoms with E-state index in [1.54, 1.807) is 6.92 Å². The first-order chi connectivity index (χ1) is 9.15. The van der Waals surface area contributed by atoms with Crippen LogP contribution in [-0.2, 0) is 6.42 Å². The first-order valence-electron chi connectivity index (χ1n) is 5.55. The van der Waals surface area contributed by atoms with E-state index in [-0.39, 0.29) is 0 Å². The smallest absolute Gasteiger partial charge is 0.223 e. The summed E-state index contributed by atoms with van der Waals surface area (Å²) in [5.74, 6) is 1.23. The zero-order valence-corrected chi connectivity index (χ0v) is 12.2. The summed E-state index contributed by atoms with van der Waals surface area (Å²) in [7, 11) is 0. The number of hydrogen-bond donors (Lipinski definition) is 2. The Labute approximate surface area is 119 Å². The third kappa shape index (κ3) is 3.00. The van der Waals surface area contributed by atoms with Gasteiger partial charge in [0, 0.05) is 19.9 Å². The molecule has 19 heavy (non-hydrogen) atoms. The molecule has 0 bridgehead atoms. The van der Waals surface area contributed by atoms with Crippen molar-refractivity contribution in [3.05, 3.63) is 16.6 Å². The van der Waals surface area contributed by atoms with Crippen LogP contribution in [0.5, 0.6) is 0 Å². The maximum absolute atomic E-state index is 8.97. The molecule has 0 amide bonds. The minimum atomic E-state index is 0.544. The molecule has 2 rings (SSSR count). The van der Waals surface area contributed by atoms with Crippen LogP contribution in [0.25, 0.3) is 0 Å². The number of nitrogens with zero attached hydrogens (tertiary/aromatic N) is 3. The van der Waals surface area contributed by atoms with Crippen LogP contribution < -0.4 is 11.1 Å². The highest BCUT2D eigenvalue weighted by molar-refractivity contribution is 7.99. The van der Waals surface area contributed by atoms with Crippen molar-refractivity contribution in [2.45, 2.75) is 18.2 Å². The Morgan fingerprint density at radius 2 is 2.37 bits per heavy atom. The normalized spacial score (nSPS) is 10.4. The summed E-state index contributed by atoms with van der Waals surface area (Å²) in [6.07, 6.45) is 2.60. The van der Waals surface area contributed by atoms with Crippen LogP contribution in [0, 0.1) is 18.3 Å². The van der Waals surface area contributed by atoms with Crippen molar-refractivity contribution < 1.29 is 4.52 Å². The number of nitriles is 1. The molecular weight excluding hydrogens is 282 g/mol. The molecule has 0 fully saturated rings. The van der Waals surface area contributed by atoms with E-state index in [0.29, 0.717) is 35.2 Å². The molecule has 0 unspecified atom stereocenters. The summed E-state index contributed by atoms with van der Waals surface area (Å²) in [5.41, 5.74) is 6.45. The van der Waals surface area contributed by atoms with Gasteiger partial charge in [0.15, 0.2) is 5.82 Å². The lowest BCUT2D eigenvalue weighted by molar-refractivity contribution is 0.387. The summed E-state index contributed by atoms with van der Waals surface area (Å²) < 4.78 is 4.90. The topological polar surface area (TPSA) is 101 Å². The molecule has 0 aliphatic rings. The first-order valence-corrected chi connectivity index (χ1v) is 7.59. The second-order valence-electron chi connectivity index (χ2n) is 3.73. The van der Waals surface area contributed by atoms with Crippen LogP contribution in [0.4, 0.5) is 10.7 Å². The number of nitrogens with two attached hydrogens (primary N) is 1. The Bertz CT molecular complexity index is 613. The molecule has 8 heteroatoms. The van der Waals surface area contributed by atoms with Gasteiger partial charge >= 0.3 is 0 Å². The Balaban J connectivity index is 2.01. The molecule has 0 aromatic carbocycles. The number of thiophene rings is 1. The molecule has 2 heterocycles. The predicted octanol–water partition coefficient (Wildman–Crippen LogP) is 2.27. The van der Waals surface area contributed by atoms with Gasteiger partial charge < -0.3 is 15.6 Å². The molecule has 100 valence electrons. The first kappa shape index (κ1) is 13.7. The quantitative estimate of drug-likeness (QED) is 0.816. The van der Waals surface area contributed by atoms with Gasteiger partial charge in [-0.25, -0.2) is 0 Å². The molecule has 0 radical (unpaired) electrons. The fraction of sp³-hybridized carbons (Fsp3) is 0.364. The van der Waals surface area contributed by atoms with Gasteiger partial charge in [0.1, 0.15) is 15.9 Å². The molecule has 6 nitrogen and oxygen atoms in total. The Morgan fingerprint density at radius 3 is 2.95 bits per heavy atom. The lowest BCUT2D eigenvalue weighted by Gasteiger charge is -2.04. The molecule has 0 atom stereocenters. The Kier molecular flexibility index (Phi) is 4.29. The number of thioether (sulfide) groups is 1. The van der Waals surface area contributed by atoms with E-state index in [4.69, 9.17) is 15.5 Å². The van der Waals surface area contributed by atoms with Crippen molar-refractivity contribution in [1.29, 1.82) is 5.26 Å². The molecule has 3 N–H and O–H groups in total. The fourth-order valence-electron chi connectivity index (χ4n) is 1.56. The standard InChI is InChI=1S/C11H13N5OS2/c1-6-15-8(16-17-6)3-4-14-11-10(18-2)9(13)7(5-12)19-11/h14H,3-4,13H2,1-2H3. The minimum Gasteiger partial charge on any atom is -0.396 e. The molecule has 0 aliphatic carbocycles. The van der Waals surface area contributed by atoms with Crippen LogP contribution in [0.2, 0.25) is 0 Å². The number of aromatic nitrogens is 2. The molecule has 0 spiro atoms. The summed E-state index contributed by atoms with van der Waals surface area (Å²) in [5, 5.41) is 17.0. The summed E-state index contributed by atoms with van der Waals surface area (Å²) in [6, 6.07) is 2.10. The highest BCUT2D eigenvalue weighted by Gasteiger charge is 2.14. The Morgan fingerprint density at radius 1 is 1.58 bits per heavy atom. The summed E-state index contributed by atoms with van der Waals surface area (Å²) in [6.45, 7) is 2.42. The lowest BCUT2D eigenvalue weighted by Crippen LogP contribution is -2.05. The second-order valence-corrected chi connectivity index (χ2v) is 5.56. The van der Waals surface area contributed by atoms with Crippen LogP contribution in [0.3, 0.4) is 0 Å². The van der Waals surface area contributed by atoms with Gasteiger partial charge in [0.25, 0.3) is 0 Å². The van der Waals surface area contributed by atoms with Crippen molar-refractivity contribution in [3.63, 3.8) is 0 Å². The van der Waals surface area contributed by atoms with E-state index in [1.165, 1.54) is 23.1 Å². The number of nitrogen functional groups attached to an aromatic ring is 1. The average Bonchev–Trinajstić information content (AvgIpc) is 2.93. The van der Waals surface area contributed by atoms with E-state index < -0.39 is 0 Å². The fourth-order valence-corrected chi connectivity index (χ4v) is 3.42. The second kappa shape index (κ2) is 5.95. The summed E-state index contributed by atoms with van der Waals surface area (Å²) in [4.78, 5) is 5.59. The van der Waals surface area contributed by atoms with Gasteiger partial charge in [0.05, 0.1) is 10.6 Å². The molecule has 2 aromatic heterocycles. The number of aryl methyl sites for hydroxylation is 1. The molecule has 0 saturated heterocycles. The van der Waals surface area contributed by atoms with Crippen molar-refractivity contribution >= 4 is 33.8 Å². The predicted molar refractivity (Wildman–Crippen MR) is 76.5 cm³/mol. The van der Waals surface area contributed by atoms with Gasteiger partial charge in [-0.3, -0.25) is 0 Å². The highest BCUT2D eigenvalue weighted by atomic mass is 32.2. The number of rotatable bonds is 5. The van der Waals surface area contributed by atoms with Crippen LogP contribution in [0.1, 0.15) is 16.6 Å². The maximum atomic E-state index is 8.97. The van der Waals surface area contributed by atoms with Crippen LogP contribution in [0.15, 0.2) is 9.42 Å². The van der Waals surface area contributed by atoms with Gasteiger partial charge in [0.2, 0.25) is 5.89 Å². The van der Waals surface area contributed by atoms with E-state index in [9.17, 15) is 0 Å². The number of anilines is 2. The van der Waals surface area contributed by atoms with Gasteiger partial charge in [-0.2, -0.15) is 10.2 Å². The SMILES string of the molecule is CSc1c(NCCc2noc(C)n2)sc(C#N)c1N. The zero-order chi connectivity index (χ0) is 13.8. The molecule has 0 aliphatic heterocycles. The largest absolute Gasteiger partial charge is 0.396 e. The van der Waals surface area contributed by atoms with Gasteiger partial charge in [-0.15, -0.1) is 23.1 Å². The summed E-state index contributed by atoms with van der Waals surface area (Å²) >= 11 is 2.90. The highest BCUT2D eigenvalue weighted by Crippen LogP contribution is 2.41. The van der Waals surface area contributed by atoms with E-state index in [2.05, 4.69) is 21.5 Å². The van der Waals surface area contributed by atoms with Gasteiger partial charge in [-0.05, 0) is 6.26 Å². The lowest BCUT2D eigenvalue weighted by atomic mass is 10.4.